The molecule has 0 radical (unpaired) electrons. The Kier molecular flexibility index (Phi) is 6.83. The van der Waals surface area contributed by atoms with Gasteiger partial charge in [0.1, 0.15) is 5.82 Å². The van der Waals surface area contributed by atoms with Crippen molar-refractivity contribution >= 4 is 11.5 Å². The van der Waals surface area contributed by atoms with Gasteiger partial charge in [-0.25, -0.2) is 4.98 Å². The van der Waals surface area contributed by atoms with Gasteiger partial charge in [-0.15, -0.1) is 0 Å². The maximum atomic E-state index is 9.40. The number of nitrogens with zero attached hydrogens (tertiary/aromatic N) is 3. The number of hydrogen-bond acceptors (Lipinski definition) is 6. The number of hydrogen-bond donors (Lipinski definition) is 3. The fraction of sp³-hybridized carbons (Fsp3) is 0.500. The number of pyridine rings is 1. The summed E-state index contributed by atoms with van der Waals surface area (Å²) in [5.74, 6) is 0.850. The minimum atomic E-state index is 0.0385. The number of benzene rings is 1. The van der Waals surface area contributed by atoms with Crippen LogP contribution in [0.25, 0.3) is 0 Å². The number of aromatic nitrogens is 1. The van der Waals surface area contributed by atoms with Crippen LogP contribution in [0.2, 0.25) is 0 Å². The largest absolute Gasteiger partial charge is 0.392 e. The Labute approximate surface area is 178 Å². The van der Waals surface area contributed by atoms with Crippen molar-refractivity contribution in [3.05, 3.63) is 53.7 Å². The number of piperidine rings is 1. The molecule has 158 valence electrons. The number of rotatable bonds is 6. The summed E-state index contributed by atoms with van der Waals surface area (Å²) >= 11 is 0. The second-order valence-electron chi connectivity index (χ2n) is 8.46. The highest BCUT2D eigenvalue weighted by molar-refractivity contribution is 5.50. The van der Waals surface area contributed by atoms with Crippen molar-refractivity contribution in [2.24, 2.45) is 0 Å². The molecule has 0 spiro atoms. The Morgan fingerprint density at radius 1 is 1.07 bits per heavy atom. The van der Waals surface area contributed by atoms with E-state index in [-0.39, 0.29) is 6.61 Å². The van der Waals surface area contributed by atoms with Gasteiger partial charge in [0.2, 0.25) is 0 Å². The third-order valence-corrected chi connectivity index (χ3v) is 6.34. The zero-order valence-electron chi connectivity index (χ0n) is 17.4. The molecule has 4 rings (SSSR count). The van der Waals surface area contributed by atoms with Crippen LogP contribution in [0.1, 0.15) is 49.7 Å². The van der Waals surface area contributed by atoms with Crippen LogP contribution in [0.3, 0.4) is 0 Å². The Morgan fingerprint density at radius 2 is 1.87 bits per heavy atom. The van der Waals surface area contributed by atoms with Crippen molar-refractivity contribution in [2.75, 3.05) is 23.3 Å². The molecule has 1 unspecified atom stereocenters. The molecule has 0 amide bonds. The van der Waals surface area contributed by atoms with E-state index in [0.717, 1.165) is 30.9 Å². The maximum Gasteiger partial charge on any atom is 0.126 e. The molecular weight excluding hydrogens is 374 g/mol. The van der Waals surface area contributed by atoms with Crippen LogP contribution in [-0.2, 0) is 6.61 Å². The Hall–Kier alpha value is -2.62. The number of aliphatic hydroxyl groups is 1. The molecule has 6 heteroatoms. The van der Waals surface area contributed by atoms with Crippen molar-refractivity contribution in [3.63, 3.8) is 0 Å². The van der Waals surface area contributed by atoms with Gasteiger partial charge >= 0.3 is 0 Å². The third kappa shape index (κ3) is 5.10. The molecule has 2 heterocycles. The van der Waals surface area contributed by atoms with Gasteiger partial charge in [-0.2, -0.15) is 5.26 Å². The van der Waals surface area contributed by atoms with Gasteiger partial charge in [-0.1, -0.05) is 12.8 Å². The van der Waals surface area contributed by atoms with Crippen LogP contribution < -0.4 is 15.5 Å². The van der Waals surface area contributed by atoms with E-state index in [9.17, 15) is 5.11 Å². The SMILES string of the molecule is N#Cc1ccc(N2CCCC(N[C@@H]3CCCC[C@H]3Nc3cc(CO)ccn3)C2)cc1. The second-order valence-corrected chi connectivity index (χ2v) is 8.46. The Balaban J connectivity index is 1.38. The van der Waals surface area contributed by atoms with E-state index >= 15 is 0 Å². The van der Waals surface area contributed by atoms with Gasteiger partial charge in [0.25, 0.3) is 0 Å². The normalized spacial score (nSPS) is 24.3. The quantitative estimate of drug-likeness (QED) is 0.683. The van der Waals surface area contributed by atoms with Gasteiger partial charge in [-0.05, 0) is 67.6 Å². The summed E-state index contributed by atoms with van der Waals surface area (Å²) in [5.41, 5.74) is 2.79. The van der Waals surface area contributed by atoms with Crippen LogP contribution >= 0.6 is 0 Å². The molecule has 1 saturated carbocycles. The maximum absolute atomic E-state index is 9.40. The van der Waals surface area contributed by atoms with Crippen LogP contribution in [0, 0.1) is 11.3 Å². The summed E-state index contributed by atoms with van der Waals surface area (Å²) in [7, 11) is 0. The molecular formula is C24H31N5O. The summed E-state index contributed by atoms with van der Waals surface area (Å²) in [6.45, 7) is 2.10. The van der Waals surface area contributed by atoms with Crippen LogP contribution in [0.15, 0.2) is 42.6 Å². The zero-order valence-corrected chi connectivity index (χ0v) is 17.4. The fourth-order valence-electron chi connectivity index (χ4n) is 4.74. The van der Waals surface area contributed by atoms with Crippen molar-refractivity contribution in [1.29, 1.82) is 5.26 Å². The lowest BCUT2D eigenvalue weighted by atomic mass is 9.89. The summed E-state index contributed by atoms with van der Waals surface area (Å²) in [5, 5.41) is 26.0. The topological polar surface area (TPSA) is 84.2 Å². The highest BCUT2D eigenvalue weighted by Crippen LogP contribution is 2.25. The standard InChI is InChI=1S/C24H31N5O/c25-15-18-7-9-21(10-8-18)29-13-3-4-20(16-29)27-22-5-1-2-6-23(22)28-24-14-19(17-30)11-12-26-24/h7-12,14,20,22-23,27,30H,1-6,13,16-17H2,(H,26,28)/t20?,22-,23-/m1/s1. The number of aliphatic hydroxyl groups excluding tert-OH is 1. The van der Waals surface area contributed by atoms with Gasteiger partial charge in [0, 0.05) is 43.1 Å². The molecule has 6 nitrogen and oxygen atoms in total. The summed E-state index contributed by atoms with van der Waals surface area (Å²) < 4.78 is 0. The van der Waals surface area contributed by atoms with E-state index in [0.29, 0.717) is 23.7 Å². The van der Waals surface area contributed by atoms with Crippen LogP contribution in [0.4, 0.5) is 11.5 Å². The lowest BCUT2D eigenvalue weighted by molar-refractivity contribution is 0.281. The van der Waals surface area contributed by atoms with Gasteiger partial charge in [-0.3, -0.25) is 0 Å². The smallest absolute Gasteiger partial charge is 0.126 e. The second kappa shape index (κ2) is 9.92. The molecule has 1 aliphatic carbocycles. The van der Waals surface area contributed by atoms with Crippen LogP contribution in [0.5, 0.6) is 0 Å². The zero-order chi connectivity index (χ0) is 20.8. The van der Waals surface area contributed by atoms with Crippen molar-refractivity contribution < 1.29 is 5.11 Å². The predicted molar refractivity (Wildman–Crippen MR) is 119 cm³/mol. The van der Waals surface area contributed by atoms with Gasteiger partial charge in [0.15, 0.2) is 0 Å². The minimum absolute atomic E-state index is 0.0385. The Morgan fingerprint density at radius 3 is 2.63 bits per heavy atom. The molecule has 1 aromatic heterocycles. The highest BCUT2D eigenvalue weighted by Gasteiger charge is 2.29. The Bertz CT molecular complexity index is 863. The van der Waals surface area contributed by atoms with Crippen molar-refractivity contribution in [1.82, 2.24) is 10.3 Å². The first-order chi connectivity index (χ1) is 14.7. The predicted octanol–water partition coefficient (Wildman–Crippen LogP) is 3.43. The lowest BCUT2D eigenvalue weighted by Crippen LogP contribution is -2.55. The van der Waals surface area contributed by atoms with E-state index < -0.39 is 0 Å². The summed E-state index contributed by atoms with van der Waals surface area (Å²) in [6.07, 6.45) is 8.91. The van der Waals surface area contributed by atoms with Crippen LogP contribution in [-0.4, -0.2) is 41.3 Å². The first-order valence-corrected chi connectivity index (χ1v) is 11.1. The number of nitrogens with one attached hydrogen (secondary N) is 2. The molecule has 0 bridgehead atoms. The van der Waals surface area contributed by atoms with Crippen molar-refractivity contribution in [2.45, 2.75) is 63.3 Å². The first kappa shape index (κ1) is 20.6. The first-order valence-electron chi connectivity index (χ1n) is 11.1. The average molecular weight is 406 g/mol. The molecule has 1 aromatic carbocycles. The molecule has 30 heavy (non-hydrogen) atoms. The average Bonchev–Trinajstić information content (AvgIpc) is 2.81. The molecule has 1 saturated heterocycles. The molecule has 3 atom stereocenters. The number of nitriles is 1. The fourth-order valence-corrected chi connectivity index (χ4v) is 4.74. The monoisotopic (exact) mass is 405 g/mol. The van der Waals surface area contributed by atoms with E-state index in [1.54, 1.807) is 6.20 Å². The molecule has 1 aliphatic heterocycles. The van der Waals surface area contributed by atoms with E-state index in [4.69, 9.17) is 5.26 Å². The lowest BCUT2D eigenvalue weighted by Gasteiger charge is -2.40. The van der Waals surface area contributed by atoms with E-state index in [1.165, 1.54) is 37.8 Å². The van der Waals surface area contributed by atoms with Gasteiger partial charge in [0.05, 0.1) is 18.2 Å². The molecule has 2 aromatic rings. The summed E-state index contributed by atoms with van der Waals surface area (Å²) in [4.78, 5) is 6.88. The number of anilines is 2. The molecule has 2 fully saturated rings. The highest BCUT2D eigenvalue weighted by atomic mass is 16.3. The van der Waals surface area contributed by atoms with Gasteiger partial charge < -0.3 is 20.6 Å². The molecule has 3 N–H and O–H groups in total. The van der Waals surface area contributed by atoms with Crippen molar-refractivity contribution in [3.8, 4) is 6.07 Å². The third-order valence-electron chi connectivity index (χ3n) is 6.34. The summed E-state index contributed by atoms with van der Waals surface area (Å²) in [6, 6.07) is 15.1. The van der Waals surface area contributed by atoms with E-state index in [1.807, 2.05) is 24.3 Å². The minimum Gasteiger partial charge on any atom is -0.392 e. The van der Waals surface area contributed by atoms with E-state index in [2.05, 4.69) is 38.7 Å². The molecule has 2 aliphatic rings.